The Labute approximate surface area is 191 Å². The molecule has 33 heavy (non-hydrogen) atoms. The average Bonchev–Trinajstić information content (AvgIpc) is 3.22. The number of ether oxygens (including phenoxy) is 1. The topological polar surface area (TPSA) is 106 Å². The van der Waals surface area contributed by atoms with Crippen LogP contribution in [-0.4, -0.2) is 41.2 Å². The van der Waals surface area contributed by atoms with Crippen molar-refractivity contribution in [3.8, 4) is 28.3 Å². The van der Waals surface area contributed by atoms with Crippen LogP contribution in [0.4, 0.5) is 15.9 Å². The number of nitrogens with two attached hydrogens (primary N) is 2. The molecule has 0 bridgehead atoms. The molecule has 0 aliphatic carbocycles. The highest BCUT2D eigenvalue weighted by molar-refractivity contribution is 5.96. The Morgan fingerprint density at radius 1 is 1.18 bits per heavy atom. The van der Waals surface area contributed by atoms with Gasteiger partial charge in [0.15, 0.2) is 0 Å². The number of hydrogen-bond acceptors (Lipinski definition) is 6. The Bertz CT molecular complexity index is 1330. The molecule has 4 aromatic rings. The number of nitrogens with zero attached hydrogens (tertiary/aromatic N) is 3. The Morgan fingerprint density at radius 3 is 2.70 bits per heavy atom. The maximum absolute atomic E-state index is 14.1. The Kier molecular flexibility index (Phi) is 5.38. The number of H-pyrrole nitrogens is 1. The molecule has 0 atom stereocenters. The molecule has 3 heterocycles. The average molecular weight is 447 g/mol. The van der Waals surface area contributed by atoms with Gasteiger partial charge in [-0.1, -0.05) is 29.8 Å². The van der Waals surface area contributed by atoms with E-state index in [0.29, 0.717) is 34.0 Å². The fourth-order valence-corrected chi connectivity index (χ4v) is 4.55. The van der Waals surface area contributed by atoms with Gasteiger partial charge in [-0.15, -0.1) is 0 Å². The van der Waals surface area contributed by atoms with E-state index in [1.165, 1.54) is 19.2 Å². The second-order valence-corrected chi connectivity index (χ2v) is 8.56. The molecule has 170 valence electrons. The van der Waals surface area contributed by atoms with Crippen LogP contribution in [0.25, 0.3) is 33.5 Å². The Morgan fingerprint density at radius 2 is 1.97 bits per heavy atom. The van der Waals surface area contributed by atoms with Crippen LogP contribution in [0.3, 0.4) is 0 Å². The van der Waals surface area contributed by atoms with Crippen LogP contribution in [0, 0.1) is 12.7 Å². The first-order valence-corrected chi connectivity index (χ1v) is 11.0. The number of nitrogen functional groups attached to an aromatic ring is 1. The number of nitrogens with one attached hydrogen (secondary N) is 1. The van der Waals surface area contributed by atoms with Crippen molar-refractivity contribution in [3.05, 3.63) is 54.0 Å². The summed E-state index contributed by atoms with van der Waals surface area (Å²) in [5.41, 5.74) is 18.6. The molecular formula is C25H27FN6O. The summed E-state index contributed by atoms with van der Waals surface area (Å²) in [6.45, 7) is 3.66. The smallest absolute Gasteiger partial charge is 0.149 e. The van der Waals surface area contributed by atoms with Gasteiger partial charge < -0.3 is 26.1 Å². The molecule has 0 saturated carbocycles. The summed E-state index contributed by atoms with van der Waals surface area (Å²) in [7, 11) is 1.50. The summed E-state index contributed by atoms with van der Waals surface area (Å²) < 4.78 is 19.5. The van der Waals surface area contributed by atoms with E-state index < -0.39 is 5.82 Å². The maximum atomic E-state index is 14.1. The zero-order valence-corrected chi connectivity index (χ0v) is 18.7. The van der Waals surface area contributed by atoms with Crippen LogP contribution in [0.2, 0.25) is 0 Å². The molecular weight excluding hydrogens is 419 g/mol. The van der Waals surface area contributed by atoms with Crippen molar-refractivity contribution in [3.63, 3.8) is 0 Å². The Balaban J connectivity index is 1.76. The zero-order valence-electron chi connectivity index (χ0n) is 18.7. The fraction of sp³-hybridized carbons (Fsp3) is 0.280. The SMILES string of the molecule is COc1cc(F)cc2[nH]c(-c3c(N)ncc(-c4cccc(C)c4)c3N3CCC(N)CC3)nc12. The van der Waals surface area contributed by atoms with Crippen LogP contribution < -0.4 is 21.1 Å². The van der Waals surface area contributed by atoms with E-state index in [0.717, 1.165) is 48.3 Å². The van der Waals surface area contributed by atoms with Crippen LogP contribution >= 0.6 is 0 Å². The van der Waals surface area contributed by atoms with E-state index in [9.17, 15) is 4.39 Å². The number of anilines is 2. The standard InChI is InChI=1S/C25H27FN6O/c1-14-4-3-5-15(10-14)18-13-29-24(28)21(23(18)32-8-6-17(27)7-9-32)25-30-19-11-16(26)12-20(33-2)22(19)31-25/h3-5,10-13,17H,6-9,27H2,1-2H3,(H2,28,29)(H,30,31). The minimum absolute atomic E-state index is 0.185. The highest BCUT2D eigenvalue weighted by Crippen LogP contribution is 2.43. The van der Waals surface area contributed by atoms with Crippen molar-refractivity contribution in [1.82, 2.24) is 15.0 Å². The number of methoxy groups -OCH3 is 1. The number of fused-ring (bicyclic) bond motifs is 1. The van der Waals surface area contributed by atoms with Crippen LogP contribution in [0.1, 0.15) is 18.4 Å². The number of pyridine rings is 1. The van der Waals surface area contributed by atoms with Crippen molar-refractivity contribution in [2.24, 2.45) is 5.73 Å². The molecule has 1 saturated heterocycles. The lowest BCUT2D eigenvalue weighted by Crippen LogP contribution is -2.40. The van der Waals surface area contributed by atoms with Gasteiger partial charge >= 0.3 is 0 Å². The predicted octanol–water partition coefficient (Wildman–Crippen LogP) is 4.26. The third-order valence-corrected chi connectivity index (χ3v) is 6.24. The lowest BCUT2D eigenvalue weighted by Gasteiger charge is -2.34. The highest BCUT2D eigenvalue weighted by Gasteiger charge is 2.27. The van der Waals surface area contributed by atoms with E-state index in [1.807, 2.05) is 12.3 Å². The third kappa shape index (κ3) is 3.87. The van der Waals surface area contributed by atoms with Crippen LogP contribution in [0.15, 0.2) is 42.6 Å². The van der Waals surface area contributed by atoms with Crippen LogP contribution in [0.5, 0.6) is 5.75 Å². The number of piperidine rings is 1. The first kappa shape index (κ1) is 21.2. The van der Waals surface area contributed by atoms with Crippen molar-refractivity contribution in [2.75, 3.05) is 30.8 Å². The first-order valence-electron chi connectivity index (χ1n) is 11.0. The number of benzene rings is 2. The minimum atomic E-state index is -0.403. The van der Waals surface area contributed by atoms with Gasteiger partial charge in [-0.2, -0.15) is 0 Å². The quantitative estimate of drug-likeness (QED) is 0.433. The van der Waals surface area contributed by atoms with E-state index in [4.69, 9.17) is 21.2 Å². The molecule has 1 fully saturated rings. The van der Waals surface area contributed by atoms with Gasteiger partial charge in [0.05, 0.1) is 23.9 Å². The van der Waals surface area contributed by atoms with Crippen molar-refractivity contribution in [1.29, 1.82) is 0 Å². The van der Waals surface area contributed by atoms with Crippen molar-refractivity contribution < 1.29 is 9.13 Å². The highest BCUT2D eigenvalue weighted by atomic mass is 19.1. The lowest BCUT2D eigenvalue weighted by atomic mass is 9.97. The molecule has 1 aliphatic rings. The molecule has 1 aliphatic heterocycles. The number of aromatic nitrogens is 3. The normalized spacial score (nSPS) is 14.7. The monoisotopic (exact) mass is 446 g/mol. The first-order chi connectivity index (χ1) is 15.9. The van der Waals surface area contributed by atoms with Crippen molar-refractivity contribution in [2.45, 2.75) is 25.8 Å². The van der Waals surface area contributed by atoms with Gasteiger partial charge in [-0.25, -0.2) is 14.4 Å². The minimum Gasteiger partial charge on any atom is -0.494 e. The predicted molar refractivity (Wildman–Crippen MR) is 130 cm³/mol. The molecule has 5 rings (SSSR count). The number of aromatic amines is 1. The van der Waals surface area contributed by atoms with E-state index in [2.05, 4.69) is 40.0 Å². The summed E-state index contributed by atoms with van der Waals surface area (Å²) in [5, 5.41) is 0. The number of rotatable bonds is 4. The summed E-state index contributed by atoms with van der Waals surface area (Å²) in [6.07, 6.45) is 3.59. The zero-order chi connectivity index (χ0) is 23.1. The Hall–Kier alpha value is -3.65. The van der Waals surface area contributed by atoms with E-state index >= 15 is 0 Å². The number of imidazole rings is 1. The van der Waals surface area contributed by atoms with Gasteiger partial charge in [0, 0.05) is 37.0 Å². The second kappa shape index (κ2) is 8.37. The van der Waals surface area contributed by atoms with Gasteiger partial charge in [-0.3, -0.25) is 0 Å². The van der Waals surface area contributed by atoms with Gasteiger partial charge in [0.2, 0.25) is 0 Å². The van der Waals surface area contributed by atoms with E-state index in [-0.39, 0.29) is 6.04 Å². The summed E-state index contributed by atoms with van der Waals surface area (Å²) in [4.78, 5) is 14.8. The lowest BCUT2D eigenvalue weighted by molar-refractivity contribution is 0.416. The summed E-state index contributed by atoms with van der Waals surface area (Å²) >= 11 is 0. The summed E-state index contributed by atoms with van der Waals surface area (Å²) in [5.74, 6) is 0.840. The van der Waals surface area contributed by atoms with Gasteiger partial charge in [0.1, 0.15) is 28.7 Å². The molecule has 7 nitrogen and oxygen atoms in total. The van der Waals surface area contributed by atoms with E-state index in [1.54, 1.807) is 0 Å². The third-order valence-electron chi connectivity index (χ3n) is 6.24. The molecule has 0 spiro atoms. The van der Waals surface area contributed by atoms with Gasteiger partial charge in [0.25, 0.3) is 0 Å². The van der Waals surface area contributed by atoms with Gasteiger partial charge in [-0.05, 0) is 31.4 Å². The molecule has 5 N–H and O–H groups in total. The molecule has 8 heteroatoms. The largest absolute Gasteiger partial charge is 0.494 e. The molecule has 0 radical (unpaired) electrons. The molecule has 0 amide bonds. The molecule has 0 unspecified atom stereocenters. The fourth-order valence-electron chi connectivity index (χ4n) is 4.55. The molecule has 2 aromatic carbocycles. The maximum Gasteiger partial charge on any atom is 0.149 e. The van der Waals surface area contributed by atoms with Crippen molar-refractivity contribution >= 4 is 22.5 Å². The number of hydrogen-bond donors (Lipinski definition) is 3. The number of halogens is 1. The molecule has 2 aromatic heterocycles. The summed E-state index contributed by atoms with van der Waals surface area (Å²) in [6, 6.07) is 11.2. The van der Waals surface area contributed by atoms with Crippen LogP contribution in [-0.2, 0) is 0 Å². The number of aryl methyl sites for hydroxylation is 1. The second-order valence-electron chi connectivity index (χ2n) is 8.56.